The minimum atomic E-state index is -0.863. The molecule has 0 heterocycles. The van der Waals surface area contributed by atoms with Gasteiger partial charge in [0.15, 0.2) is 0 Å². The van der Waals surface area contributed by atoms with Crippen LogP contribution in [0.4, 0.5) is 0 Å². The standard InChI is InChI=1S/C9H14O4/c1-5-2-6(8(10)11)4-7(3-5)9(12)13/h5-7H,2-4H2,1H3,(H,10,11)(H,12,13)/t5?,6-,7+. The quantitative estimate of drug-likeness (QED) is 0.679. The second-order valence-electron chi connectivity index (χ2n) is 3.88. The van der Waals surface area contributed by atoms with Crippen LogP contribution in [-0.4, -0.2) is 22.2 Å². The van der Waals surface area contributed by atoms with E-state index in [1.165, 1.54) is 0 Å². The smallest absolute Gasteiger partial charge is 0.306 e. The van der Waals surface area contributed by atoms with Crippen molar-refractivity contribution >= 4 is 11.9 Å². The van der Waals surface area contributed by atoms with Gasteiger partial charge in [-0.3, -0.25) is 9.59 Å². The van der Waals surface area contributed by atoms with Gasteiger partial charge in [-0.2, -0.15) is 0 Å². The van der Waals surface area contributed by atoms with Gasteiger partial charge in [-0.25, -0.2) is 0 Å². The summed E-state index contributed by atoms with van der Waals surface area (Å²) >= 11 is 0. The van der Waals surface area contributed by atoms with Crippen LogP contribution < -0.4 is 0 Å². The third kappa shape index (κ3) is 2.44. The van der Waals surface area contributed by atoms with Crippen molar-refractivity contribution < 1.29 is 19.8 Å². The van der Waals surface area contributed by atoms with Gasteiger partial charge in [0.05, 0.1) is 11.8 Å². The molecule has 0 spiro atoms. The first-order valence-corrected chi connectivity index (χ1v) is 4.46. The highest BCUT2D eigenvalue weighted by atomic mass is 16.4. The fourth-order valence-corrected chi connectivity index (χ4v) is 2.01. The number of hydrogen-bond acceptors (Lipinski definition) is 2. The molecule has 1 unspecified atom stereocenters. The SMILES string of the molecule is CC1C[C@@H](C(=O)O)C[C@@H](C(=O)O)C1. The third-order valence-corrected chi connectivity index (χ3v) is 2.64. The predicted molar refractivity (Wildman–Crippen MR) is 45.3 cm³/mol. The van der Waals surface area contributed by atoms with E-state index in [4.69, 9.17) is 10.2 Å². The average Bonchev–Trinajstić information content (AvgIpc) is 2.03. The van der Waals surface area contributed by atoms with Crippen molar-refractivity contribution in [1.29, 1.82) is 0 Å². The molecule has 0 aromatic rings. The largest absolute Gasteiger partial charge is 0.481 e. The van der Waals surface area contributed by atoms with Crippen LogP contribution in [-0.2, 0) is 9.59 Å². The first kappa shape index (κ1) is 10.0. The van der Waals surface area contributed by atoms with Crippen LogP contribution in [0.15, 0.2) is 0 Å². The Bertz CT molecular complexity index is 202. The molecule has 1 aliphatic rings. The average molecular weight is 186 g/mol. The molecule has 74 valence electrons. The van der Waals surface area contributed by atoms with Crippen molar-refractivity contribution in [2.24, 2.45) is 17.8 Å². The van der Waals surface area contributed by atoms with Gasteiger partial charge in [0.2, 0.25) is 0 Å². The maximum atomic E-state index is 10.7. The molecule has 2 N–H and O–H groups in total. The Labute approximate surface area is 76.6 Å². The van der Waals surface area contributed by atoms with E-state index >= 15 is 0 Å². The topological polar surface area (TPSA) is 74.6 Å². The highest BCUT2D eigenvalue weighted by Gasteiger charge is 2.34. The van der Waals surface area contributed by atoms with E-state index in [-0.39, 0.29) is 12.3 Å². The van der Waals surface area contributed by atoms with Crippen molar-refractivity contribution in [1.82, 2.24) is 0 Å². The van der Waals surface area contributed by atoms with E-state index in [9.17, 15) is 9.59 Å². The summed E-state index contributed by atoms with van der Waals surface area (Å²) in [5.41, 5.74) is 0. The van der Waals surface area contributed by atoms with Crippen molar-refractivity contribution in [3.8, 4) is 0 Å². The summed E-state index contributed by atoms with van der Waals surface area (Å²) in [5, 5.41) is 17.5. The van der Waals surface area contributed by atoms with Crippen LogP contribution in [0.3, 0.4) is 0 Å². The van der Waals surface area contributed by atoms with Gasteiger partial charge in [0.1, 0.15) is 0 Å². The summed E-state index contributed by atoms with van der Waals surface area (Å²) < 4.78 is 0. The van der Waals surface area contributed by atoms with E-state index in [1.54, 1.807) is 0 Å². The predicted octanol–water partition coefficient (Wildman–Crippen LogP) is 1.21. The maximum absolute atomic E-state index is 10.7. The lowest BCUT2D eigenvalue weighted by Crippen LogP contribution is -2.30. The second kappa shape index (κ2) is 3.77. The monoisotopic (exact) mass is 186 g/mol. The Balaban J connectivity index is 2.62. The first-order chi connectivity index (χ1) is 6.00. The molecule has 3 atom stereocenters. The van der Waals surface area contributed by atoms with Crippen LogP contribution in [0.5, 0.6) is 0 Å². The molecule has 0 aromatic heterocycles. The number of rotatable bonds is 2. The summed E-state index contributed by atoms with van der Waals surface area (Å²) in [7, 11) is 0. The molecule has 1 rings (SSSR count). The van der Waals surface area contributed by atoms with E-state index in [0.717, 1.165) is 0 Å². The molecule has 0 amide bonds. The molecule has 1 fully saturated rings. The number of aliphatic carboxylic acids is 2. The zero-order valence-electron chi connectivity index (χ0n) is 7.56. The molecule has 1 aliphatic carbocycles. The highest BCUT2D eigenvalue weighted by Crippen LogP contribution is 2.33. The van der Waals surface area contributed by atoms with Crippen molar-refractivity contribution in [2.75, 3.05) is 0 Å². The summed E-state index contributed by atoms with van der Waals surface area (Å²) in [6, 6.07) is 0. The minimum absolute atomic E-state index is 0.205. The minimum Gasteiger partial charge on any atom is -0.481 e. The van der Waals surface area contributed by atoms with Crippen molar-refractivity contribution in [2.45, 2.75) is 26.2 Å². The van der Waals surface area contributed by atoms with Gasteiger partial charge in [-0.15, -0.1) is 0 Å². The van der Waals surface area contributed by atoms with Crippen LogP contribution >= 0.6 is 0 Å². The molecule has 0 bridgehead atoms. The Morgan fingerprint density at radius 2 is 1.38 bits per heavy atom. The molecule has 0 saturated heterocycles. The van der Waals surface area contributed by atoms with Gasteiger partial charge in [-0.05, 0) is 25.2 Å². The molecule has 0 aromatic carbocycles. The fourth-order valence-electron chi connectivity index (χ4n) is 2.01. The molecule has 4 nitrogen and oxygen atoms in total. The number of carbonyl (C=O) groups is 2. The molecule has 1 saturated carbocycles. The lowest BCUT2D eigenvalue weighted by Gasteiger charge is -2.28. The van der Waals surface area contributed by atoms with Crippen LogP contribution in [0, 0.1) is 17.8 Å². The molecule has 0 aliphatic heterocycles. The van der Waals surface area contributed by atoms with E-state index in [0.29, 0.717) is 12.8 Å². The van der Waals surface area contributed by atoms with Crippen molar-refractivity contribution in [3.05, 3.63) is 0 Å². The first-order valence-electron chi connectivity index (χ1n) is 4.46. The normalized spacial score (nSPS) is 34.1. The zero-order valence-corrected chi connectivity index (χ0v) is 7.56. The summed E-state index contributed by atoms with van der Waals surface area (Å²) in [5.74, 6) is -2.46. The Morgan fingerprint density at radius 3 is 1.69 bits per heavy atom. The lowest BCUT2D eigenvalue weighted by molar-refractivity contribution is -0.148. The van der Waals surface area contributed by atoms with E-state index in [1.807, 2.05) is 6.92 Å². The van der Waals surface area contributed by atoms with Gasteiger partial charge in [-0.1, -0.05) is 6.92 Å². The molecular weight excluding hydrogens is 172 g/mol. The molecule has 4 heteroatoms. The summed E-state index contributed by atoms with van der Waals surface area (Å²) in [4.78, 5) is 21.4. The second-order valence-corrected chi connectivity index (χ2v) is 3.88. The van der Waals surface area contributed by atoms with Gasteiger partial charge in [0.25, 0.3) is 0 Å². The molecular formula is C9H14O4. The van der Waals surface area contributed by atoms with Gasteiger partial charge in [0, 0.05) is 0 Å². The Kier molecular flexibility index (Phi) is 2.90. The van der Waals surface area contributed by atoms with Crippen molar-refractivity contribution in [3.63, 3.8) is 0 Å². The van der Waals surface area contributed by atoms with Crippen LogP contribution in [0.2, 0.25) is 0 Å². The van der Waals surface area contributed by atoms with E-state index < -0.39 is 23.8 Å². The molecule has 13 heavy (non-hydrogen) atoms. The summed E-state index contributed by atoms with van der Waals surface area (Å²) in [6.07, 6.45) is 1.51. The zero-order chi connectivity index (χ0) is 10.0. The summed E-state index contributed by atoms with van der Waals surface area (Å²) in [6.45, 7) is 1.91. The number of carboxylic acids is 2. The van der Waals surface area contributed by atoms with Crippen LogP contribution in [0.1, 0.15) is 26.2 Å². The Hall–Kier alpha value is -1.06. The van der Waals surface area contributed by atoms with Gasteiger partial charge >= 0.3 is 11.9 Å². The fraction of sp³-hybridized carbons (Fsp3) is 0.778. The highest BCUT2D eigenvalue weighted by molar-refractivity contribution is 5.74. The molecule has 0 radical (unpaired) electrons. The Morgan fingerprint density at radius 1 is 1.00 bits per heavy atom. The maximum Gasteiger partial charge on any atom is 0.306 e. The lowest BCUT2D eigenvalue weighted by atomic mass is 9.76. The van der Waals surface area contributed by atoms with E-state index in [2.05, 4.69) is 0 Å². The van der Waals surface area contributed by atoms with Crippen LogP contribution in [0.25, 0.3) is 0 Å². The van der Waals surface area contributed by atoms with Gasteiger partial charge < -0.3 is 10.2 Å². The number of carboxylic acid groups (broad SMARTS) is 2. The third-order valence-electron chi connectivity index (χ3n) is 2.64. The number of hydrogen-bond donors (Lipinski definition) is 2.